The Morgan fingerprint density at radius 1 is 1.14 bits per heavy atom. The Hall–Kier alpha value is -2.87. The molecule has 2 amide bonds. The SMILES string of the molecule is CC(C)(C)OC(=O)NCCC(=O)NCc1ccc(-c2nc3ccccc3s2)o1. The molecule has 2 aromatic heterocycles. The molecule has 28 heavy (non-hydrogen) atoms. The number of alkyl carbamates (subject to hydrolysis) is 1. The van der Waals surface area contributed by atoms with Crippen LogP contribution in [0.2, 0.25) is 0 Å². The lowest BCUT2D eigenvalue weighted by molar-refractivity contribution is -0.121. The van der Waals surface area contributed by atoms with Crippen LogP contribution in [0.4, 0.5) is 4.79 Å². The van der Waals surface area contributed by atoms with E-state index in [1.807, 2.05) is 36.4 Å². The Bertz CT molecular complexity index is 938. The molecule has 148 valence electrons. The summed E-state index contributed by atoms with van der Waals surface area (Å²) in [6.45, 7) is 5.83. The monoisotopic (exact) mass is 401 g/mol. The molecule has 8 heteroatoms. The highest BCUT2D eigenvalue weighted by Crippen LogP contribution is 2.31. The second-order valence-corrected chi connectivity index (χ2v) is 8.24. The minimum absolute atomic E-state index is 0.157. The molecule has 7 nitrogen and oxygen atoms in total. The van der Waals surface area contributed by atoms with E-state index >= 15 is 0 Å². The van der Waals surface area contributed by atoms with Crippen molar-refractivity contribution in [3.63, 3.8) is 0 Å². The Morgan fingerprint density at radius 3 is 2.68 bits per heavy atom. The van der Waals surface area contributed by atoms with Crippen molar-refractivity contribution < 1.29 is 18.7 Å². The van der Waals surface area contributed by atoms with E-state index in [1.165, 1.54) is 0 Å². The highest BCUT2D eigenvalue weighted by Gasteiger charge is 2.16. The van der Waals surface area contributed by atoms with Crippen molar-refractivity contribution >= 4 is 33.6 Å². The zero-order valence-electron chi connectivity index (χ0n) is 16.1. The second-order valence-electron chi connectivity index (χ2n) is 7.21. The van der Waals surface area contributed by atoms with Gasteiger partial charge in [-0.3, -0.25) is 4.79 Å². The largest absolute Gasteiger partial charge is 0.457 e. The quantitative estimate of drug-likeness (QED) is 0.649. The van der Waals surface area contributed by atoms with E-state index in [-0.39, 0.29) is 25.4 Å². The van der Waals surface area contributed by atoms with Gasteiger partial charge in [0.1, 0.15) is 11.4 Å². The zero-order valence-corrected chi connectivity index (χ0v) is 16.9. The van der Waals surface area contributed by atoms with Gasteiger partial charge in [-0.15, -0.1) is 11.3 Å². The van der Waals surface area contributed by atoms with E-state index in [2.05, 4.69) is 15.6 Å². The van der Waals surface area contributed by atoms with Crippen LogP contribution in [0.5, 0.6) is 0 Å². The number of aromatic nitrogens is 1. The molecule has 0 aliphatic rings. The Labute approximate surface area is 167 Å². The van der Waals surface area contributed by atoms with Crippen molar-refractivity contribution in [3.8, 4) is 10.8 Å². The molecular weight excluding hydrogens is 378 g/mol. The predicted molar refractivity (Wildman–Crippen MR) is 108 cm³/mol. The van der Waals surface area contributed by atoms with E-state index in [1.54, 1.807) is 32.1 Å². The third-order valence-electron chi connectivity index (χ3n) is 3.65. The van der Waals surface area contributed by atoms with Gasteiger partial charge in [0.2, 0.25) is 5.91 Å². The summed E-state index contributed by atoms with van der Waals surface area (Å²) in [5.41, 5.74) is 0.373. The van der Waals surface area contributed by atoms with Crippen molar-refractivity contribution in [1.82, 2.24) is 15.6 Å². The van der Waals surface area contributed by atoms with Gasteiger partial charge in [-0.1, -0.05) is 12.1 Å². The molecule has 2 heterocycles. The summed E-state index contributed by atoms with van der Waals surface area (Å²) in [6, 6.07) is 11.6. The molecule has 0 saturated heterocycles. The first-order chi connectivity index (χ1) is 13.3. The number of benzene rings is 1. The van der Waals surface area contributed by atoms with Crippen molar-refractivity contribution in [2.45, 2.75) is 39.3 Å². The number of amides is 2. The highest BCUT2D eigenvalue weighted by atomic mass is 32.1. The lowest BCUT2D eigenvalue weighted by Crippen LogP contribution is -2.35. The predicted octanol–water partition coefficient (Wildman–Crippen LogP) is 4.09. The number of hydrogen-bond acceptors (Lipinski definition) is 6. The summed E-state index contributed by atoms with van der Waals surface area (Å²) in [5, 5.41) is 6.13. The number of thiazole rings is 1. The van der Waals surface area contributed by atoms with E-state index in [0.29, 0.717) is 11.5 Å². The number of ether oxygens (including phenoxy) is 1. The number of nitrogens with zero attached hydrogens (tertiary/aromatic N) is 1. The summed E-state index contributed by atoms with van der Waals surface area (Å²) in [4.78, 5) is 28.0. The maximum absolute atomic E-state index is 11.9. The minimum Gasteiger partial charge on any atom is -0.457 e. The molecule has 0 saturated carbocycles. The number of nitrogens with one attached hydrogen (secondary N) is 2. The standard InChI is InChI=1S/C20H23N3O4S/c1-20(2,3)27-19(25)21-11-10-17(24)22-12-13-8-9-15(26-13)18-23-14-6-4-5-7-16(14)28-18/h4-9H,10-12H2,1-3H3,(H,21,25)(H,22,24). The van der Waals surface area contributed by atoms with Gasteiger partial charge in [0.15, 0.2) is 10.8 Å². The third kappa shape index (κ3) is 5.56. The lowest BCUT2D eigenvalue weighted by atomic mass is 10.2. The molecule has 0 aliphatic carbocycles. The van der Waals surface area contributed by atoms with Gasteiger partial charge in [0.25, 0.3) is 0 Å². The fourth-order valence-electron chi connectivity index (χ4n) is 2.43. The molecule has 0 bridgehead atoms. The molecule has 0 atom stereocenters. The van der Waals surface area contributed by atoms with Gasteiger partial charge in [-0.25, -0.2) is 9.78 Å². The van der Waals surface area contributed by atoms with Gasteiger partial charge in [-0.2, -0.15) is 0 Å². The van der Waals surface area contributed by atoms with Gasteiger partial charge >= 0.3 is 6.09 Å². The topological polar surface area (TPSA) is 93.5 Å². The van der Waals surface area contributed by atoms with Crippen LogP contribution in [-0.4, -0.2) is 29.1 Å². The number of carbonyl (C=O) groups excluding carboxylic acids is 2. The molecule has 0 fully saturated rings. The Morgan fingerprint density at radius 2 is 1.93 bits per heavy atom. The summed E-state index contributed by atoms with van der Waals surface area (Å²) in [5.74, 6) is 1.13. The molecule has 0 aliphatic heterocycles. The van der Waals surface area contributed by atoms with Crippen LogP contribution >= 0.6 is 11.3 Å². The van der Waals surface area contributed by atoms with Gasteiger partial charge in [-0.05, 0) is 45.0 Å². The number of rotatable bonds is 6. The van der Waals surface area contributed by atoms with Gasteiger partial charge < -0.3 is 19.8 Å². The van der Waals surface area contributed by atoms with Crippen LogP contribution in [0.1, 0.15) is 33.0 Å². The van der Waals surface area contributed by atoms with Gasteiger partial charge in [0.05, 0.1) is 16.8 Å². The van der Waals surface area contributed by atoms with Crippen molar-refractivity contribution in [3.05, 3.63) is 42.2 Å². The van der Waals surface area contributed by atoms with E-state index in [0.717, 1.165) is 15.2 Å². The number of hydrogen-bond donors (Lipinski definition) is 2. The summed E-state index contributed by atoms with van der Waals surface area (Å²) >= 11 is 1.56. The van der Waals surface area contributed by atoms with Crippen molar-refractivity contribution in [2.24, 2.45) is 0 Å². The van der Waals surface area contributed by atoms with Crippen LogP contribution < -0.4 is 10.6 Å². The number of fused-ring (bicyclic) bond motifs is 1. The van der Waals surface area contributed by atoms with Crippen molar-refractivity contribution in [1.29, 1.82) is 0 Å². The fourth-order valence-corrected chi connectivity index (χ4v) is 3.36. The molecule has 1 aromatic carbocycles. The molecule has 0 spiro atoms. The number of carbonyl (C=O) groups is 2. The molecule has 2 N–H and O–H groups in total. The minimum atomic E-state index is -0.563. The van der Waals surface area contributed by atoms with Crippen LogP contribution in [0.15, 0.2) is 40.8 Å². The first-order valence-corrected chi connectivity index (χ1v) is 9.80. The third-order valence-corrected chi connectivity index (χ3v) is 4.70. The molecule has 0 unspecified atom stereocenters. The fraction of sp³-hybridized carbons (Fsp3) is 0.350. The highest BCUT2D eigenvalue weighted by molar-refractivity contribution is 7.21. The Balaban J connectivity index is 1.45. The molecule has 3 aromatic rings. The van der Waals surface area contributed by atoms with Crippen LogP contribution in [0.25, 0.3) is 21.0 Å². The van der Waals surface area contributed by atoms with Gasteiger partial charge in [0, 0.05) is 13.0 Å². The van der Waals surface area contributed by atoms with E-state index in [9.17, 15) is 9.59 Å². The maximum atomic E-state index is 11.9. The average Bonchev–Trinajstić information content (AvgIpc) is 3.25. The second kappa shape index (κ2) is 8.43. The van der Waals surface area contributed by atoms with Crippen LogP contribution in [0, 0.1) is 0 Å². The molecule has 3 rings (SSSR count). The van der Waals surface area contributed by atoms with Crippen molar-refractivity contribution in [2.75, 3.05) is 6.54 Å². The average molecular weight is 401 g/mol. The first kappa shape index (κ1) is 19.9. The summed E-state index contributed by atoms with van der Waals surface area (Å²) < 4.78 is 12.0. The van der Waals surface area contributed by atoms with Crippen LogP contribution in [0.3, 0.4) is 0 Å². The first-order valence-electron chi connectivity index (χ1n) is 8.98. The molecular formula is C20H23N3O4S. The number of furan rings is 1. The number of para-hydroxylation sites is 1. The van der Waals surface area contributed by atoms with E-state index < -0.39 is 11.7 Å². The lowest BCUT2D eigenvalue weighted by Gasteiger charge is -2.19. The molecule has 0 radical (unpaired) electrons. The summed E-state index contributed by atoms with van der Waals surface area (Å²) in [7, 11) is 0. The smallest absolute Gasteiger partial charge is 0.407 e. The summed E-state index contributed by atoms with van der Waals surface area (Å²) in [6.07, 6.45) is -0.378. The van der Waals surface area contributed by atoms with Crippen LogP contribution in [-0.2, 0) is 16.1 Å². The maximum Gasteiger partial charge on any atom is 0.407 e. The van der Waals surface area contributed by atoms with E-state index in [4.69, 9.17) is 9.15 Å². The zero-order chi connectivity index (χ0) is 20.1. The normalized spacial score (nSPS) is 11.4. The Kier molecular flexibility index (Phi) is 5.99.